The van der Waals surface area contributed by atoms with Crippen LogP contribution in [0.4, 0.5) is 0 Å². The topological polar surface area (TPSA) is 50.2 Å². The summed E-state index contributed by atoms with van der Waals surface area (Å²) >= 11 is 9.29. The molecule has 0 bridgehead atoms. The van der Waals surface area contributed by atoms with E-state index in [-0.39, 0.29) is 18.0 Å². The third-order valence-corrected chi connectivity index (χ3v) is 8.35. The Morgan fingerprint density at radius 3 is 2.62 bits per heavy atom. The summed E-state index contributed by atoms with van der Waals surface area (Å²) in [6.07, 6.45) is 2.44. The van der Waals surface area contributed by atoms with Crippen molar-refractivity contribution in [2.45, 2.75) is 38.8 Å². The fourth-order valence-corrected chi connectivity index (χ4v) is 6.67. The van der Waals surface area contributed by atoms with E-state index in [1.54, 1.807) is 11.3 Å². The van der Waals surface area contributed by atoms with Gasteiger partial charge in [-0.25, -0.2) is 4.68 Å². The summed E-state index contributed by atoms with van der Waals surface area (Å²) in [5.41, 5.74) is 1.84. The highest BCUT2D eigenvalue weighted by molar-refractivity contribution is 7.20. The Bertz CT molecular complexity index is 1220. The molecule has 4 aromatic rings. The highest BCUT2D eigenvalue weighted by Crippen LogP contribution is 2.33. The van der Waals surface area contributed by atoms with Gasteiger partial charge in [-0.15, -0.1) is 22.7 Å². The van der Waals surface area contributed by atoms with E-state index in [0.717, 1.165) is 34.7 Å². The van der Waals surface area contributed by atoms with Gasteiger partial charge in [-0.05, 0) is 81.6 Å². The third-order valence-electron chi connectivity index (χ3n) is 6.04. The van der Waals surface area contributed by atoms with Crippen molar-refractivity contribution < 1.29 is 4.79 Å². The molecule has 0 saturated carbocycles. The highest BCUT2D eigenvalue weighted by Gasteiger charge is 2.30. The molecule has 2 atom stereocenters. The molecule has 1 amide bonds. The number of aryl methyl sites for hydroxylation is 1. The number of benzene rings is 1. The van der Waals surface area contributed by atoms with Crippen LogP contribution in [-0.4, -0.2) is 39.7 Å². The van der Waals surface area contributed by atoms with E-state index in [1.807, 2.05) is 41.9 Å². The molecule has 1 aliphatic rings. The largest absolute Gasteiger partial charge is 0.347 e. The van der Waals surface area contributed by atoms with Crippen molar-refractivity contribution in [3.63, 3.8) is 0 Å². The molecule has 4 heterocycles. The number of likely N-dealkylation sites (tertiary alicyclic amines) is 1. The van der Waals surface area contributed by atoms with Crippen molar-refractivity contribution in [2.24, 2.45) is 0 Å². The van der Waals surface area contributed by atoms with Gasteiger partial charge < -0.3 is 5.32 Å². The average Bonchev–Trinajstić information content (AvgIpc) is 3.56. The second-order valence-electron chi connectivity index (χ2n) is 8.27. The van der Waals surface area contributed by atoms with Gasteiger partial charge in [0.2, 0.25) is 0 Å². The first-order valence-electron chi connectivity index (χ1n) is 10.8. The Morgan fingerprint density at radius 1 is 1.19 bits per heavy atom. The van der Waals surface area contributed by atoms with Gasteiger partial charge in [-0.2, -0.15) is 5.10 Å². The van der Waals surface area contributed by atoms with Crippen LogP contribution in [-0.2, 0) is 0 Å². The van der Waals surface area contributed by atoms with E-state index in [2.05, 4.69) is 39.8 Å². The predicted octanol–water partition coefficient (Wildman–Crippen LogP) is 6.07. The molecular weight excluding hydrogens is 460 g/mol. The van der Waals surface area contributed by atoms with Gasteiger partial charge in [0.05, 0.1) is 22.3 Å². The van der Waals surface area contributed by atoms with Crippen molar-refractivity contribution in [1.29, 1.82) is 0 Å². The van der Waals surface area contributed by atoms with Crippen molar-refractivity contribution in [3.8, 4) is 5.69 Å². The molecule has 1 saturated heterocycles. The first-order chi connectivity index (χ1) is 15.5. The maximum Gasteiger partial charge on any atom is 0.261 e. The van der Waals surface area contributed by atoms with Crippen LogP contribution >= 0.6 is 34.3 Å². The Morgan fingerprint density at radius 2 is 1.94 bits per heavy atom. The zero-order chi connectivity index (χ0) is 22.2. The smallest absolute Gasteiger partial charge is 0.261 e. The van der Waals surface area contributed by atoms with E-state index >= 15 is 0 Å². The quantitative estimate of drug-likeness (QED) is 0.361. The summed E-state index contributed by atoms with van der Waals surface area (Å²) in [6, 6.07) is 14.0. The number of halogens is 1. The number of hydrogen-bond acceptors (Lipinski definition) is 5. The summed E-state index contributed by atoms with van der Waals surface area (Å²) in [6.45, 7) is 6.27. The van der Waals surface area contributed by atoms with Crippen molar-refractivity contribution >= 4 is 50.4 Å². The van der Waals surface area contributed by atoms with Crippen molar-refractivity contribution in [3.05, 3.63) is 68.3 Å². The van der Waals surface area contributed by atoms with Crippen LogP contribution < -0.4 is 5.32 Å². The summed E-state index contributed by atoms with van der Waals surface area (Å²) in [5, 5.41) is 11.8. The van der Waals surface area contributed by atoms with Gasteiger partial charge in [-0.1, -0.05) is 17.7 Å². The number of rotatable bonds is 6. The maximum atomic E-state index is 13.3. The SMILES string of the molecule is Cc1nn(-c2ccc(Cl)cc2)c2sc(C(=O)N[C@H](C)[C@H](c3cccs3)N3CCCC3)cc12. The summed E-state index contributed by atoms with van der Waals surface area (Å²) in [5.74, 6) is -0.0264. The minimum absolute atomic E-state index is 0.0123. The molecule has 8 heteroatoms. The number of fused-ring (bicyclic) bond motifs is 1. The van der Waals surface area contributed by atoms with Gasteiger partial charge in [0.25, 0.3) is 5.91 Å². The Labute approximate surface area is 200 Å². The molecule has 5 nitrogen and oxygen atoms in total. The number of nitrogens with zero attached hydrogens (tertiary/aromatic N) is 3. The van der Waals surface area contributed by atoms with Crippen molar-refractivity contribution in [2.75, 3.05) is 13.1 Å². The minimum atomic E-state index is -0.0264. The lowest BCUT2D eigenvalue weighted by Gasteiger charge is -2.32. The summed E-state index contributed by atoms with van der Waals surface area (Å²) in [4.78, 5) is 18.7. The third kappa shape index (κ3) is 4.10. The van der Waals surface area contributed by atoms with E-state index in [9.17, 15) is 4.79 Å². The van der Waals surface area contributed by atoms with Crippen LogP contribution in [0, 0.1) is 6.92 Å². The second-order valence-corrected chi connectivity index (χ2v) is 10.7. The fourth-order valence-electron chi connectivity index (χ4n) is 4.50. The molecule has 1 aromatic carbocycles. The lowest BCUT2D eigenvalue weighted by Crippen LogP contribution is -2.43. The summed E-state index contributed by atoms with van der Waals surface area (Å²) in [7, 11) is 0. The van der Waals surface area contributed by atoms with Gasteiger partial charge >= 0.3 is 0 Å². The molecule has 3 aromatic heterocycles. The second kappa shape index (κ2) is 8.98. The number of aromatic nitrogens is 2. The molecule has 0 spiro atoms. The van der Waals surface area contributed by atoms with Gasteiger partial charge in [0, 0.05) is 21.3 Å². The molecule has 0 radical (unpaired) electrons. The number of carbonyl (C=O) groups excluding carboxylic acids is 1. The minimum Gasteiger partial charge on any atom is -0.347 e. The summed E-state index contributed by atoms with van der Waals surface area (Å²) < 4.78 is 1.89. The van der Waals surface area contributed by atoms with Crippen molar-refractivity contribution in [1.82, 2.24) is 20.0 Å². The van der Waals surface area contributed by atoms with E-state index < -0.39 is 0 Å². The zero-order valence-corrected chi connectivity index (χ0v) is 20.4. The number of carbonyl (C=O) groups is 1. The first kappa shape index (κ1) is 21.6. The molecular formula is C24H25ClN4OS2. The van der Waals surface area contributed by atoms with Crippen LogP contribution in [0.25, 0.3) is 15.9 Å². The molecule has 1 N–H and O–H groups in total. The van der Waals surface area contributed by atoms with E-state index in [0.29, 0.717) is 9.90 Å². The molecule has 32 heavy (non-hydrogen) atoms. The number of amides is 1. The first-order valence-corrected chi connectivity index (χ1v) is 12.9. The Hall–Kier alpha value is -2.19. The fraction of sp³-hybridized carbons (Fsp3) is 0.333. The monoisotopic (exact) mass is 484 g/mol. The Balaban J connectivity index is 1.41. The molecule has 0 unspecified atom stereocenters. The molecule has 5 rings (SSSR count). The van der Waals surface area contributed by atoms with E-state index in [4.69, 9.17) is 11.6 Å². The maximum absolute atomic E-state index is 13.3. The standard InChI is InChI=1S/C24H25ClN4OS2/c1-15-19-14-21(32-24(19)29(27-15)18-9-7-17(25)8-10-18)23(30)26-16(2)22(20-6-5-13-31-20)28-11-3-4-12-28/h5-10,13-14,16,22H,3-4,11-12H2,1-2H3,(H,26,30)/t16-,22-/m1/s1. The molecule has 166 valence electrons. The molecule has 1 aliphatic heterocycles. The Kier molecular flexibility index (Phi) is 6.07. The van der Waals surface area contributed by atoms with Gasteiger partial charge in [-0.3, -0.25) is 9.69 Å². The number of nitrogens with one attached hydrogen (secondary N) is 1. The normalized spacial score (nSPS) is 16.5. The van der Waals surface area contributed by atoms with Crippen LogP contribution in [0.5, 0.6) is 0 Å². The lowest BCUT2D eigenvalue weighted by molar-refractivity contribution is 0.0912. The highest BCUT2D eigenvalue weighted by atomic mass is 35.5. The van der Waals surface area contributed by atoms with E-state index in [1.165, 1.54) is 29.1 Å². The van der Waals surface area contributed by atoms with Crippen LogP contribution in [0.3, 0.4) is 0 Å². The van der Waals surface area contributed by atoms with Crippen LogP contribution in [0.1, 0.15) is 46.0 Å². The molecule has 1 fully saturated rings. The number of thiophene rings is 2. The number of hydrogen-bond donors (Lipinski definition) is 1. The zero-order valence-electron chi connectivity index (χ0n) is 18.0. The van der Waals surface area contributed by atoms with Gasteiger partial charge in [0.15, 0.2) is 0 Å². The van der Waals surface area contributed by atoms with Crippen LogP contribution in [0.15, 0.2) is 47.8 Å². The lowest BCUT2D eigenvalue weighted by atomic mass is 10.1. The van der Waals surface area contributed by atoms with Crippen LogP contribution in [0.2, 0.25) is 5.02 Å². The van der Waals surface area contributed by atoms with Gasteiger partial charge in [0.1, 0.15) is 4.83 Å². The predicted molar refractivity (Wildman–Crippen MR) is 133 cm³/mol. The molecule has 0 aliphatic carbocycles. The average molecular weight is 485 g/mol.